The van der Waals surface area contributed by atoms with Gasteiger partial charge in [0, 0.05) is 19.3 Å². The Morgan fingerprint density at radius 2 is 2.25 bits per heavy atom. The Labute approximate surface area is 75.8 Å². The Morgan fingerprint density at radius 3 is 2.83 bits per heavy atom. The summed E-state index contributed by atoms with van der Waals surface area (Å²) in [6, 6.07) is 0. The number of allylic oxidation sites excluding steroid dienone is 3. The topological polar surface area (TPSA) is 3.24 Å². The second-order valence-corrected chi connectivity index (χ2v) is 3.62. The molecule has 1 rings (SSSR count). The fraction of sp³-hybridized carbons (Fsp3) is 0.636. The van der Waals surface area contributed by atoms with E-state index < -0.39 is 0 Å². The van der Waals surface area contributed by atoms with Gasteiger partial charge in [-0.3, -0.25) is 0 Å². The lowest BCUT2D eigenvalue weighted by atomic mass is 9.92. The highest BCUT2D eigenvalue weighted by atomic mass is 15.1. The summed E-state index contributed by atoms with van der Waals surface area (Å²) >= 11 is 0. The minimum Gasteiger partial charge on any atom is -0.375 e. The number of hydrogen-bond donors (Lipinski definition) is 0. The Morgan fingerprint density at radius 1 is 1.58 bits per heavy atom. The van der Waals surface area contributed by atoms with Gasteiger partial charge in [0.15, 0.2) is 0 Å². The first-order chi connectivity index (χ1) is 5.66. The van der Waals surface area contributed by atoms with Gasteiger partial charge in [-0.1, -0.05) is 13.0 Å². The van der Waals surface area contributed by atoms with Crippen LogP contribution in [0.25, 0.3) is 0 Å². The molecule has 12 heavy (non-hydrogen) atoms. The van der Waals surface area contributed by atoms with Gasteiger partial charge in [-0.05, 0) is 37.8 Å². The minimum absolute atomic E-state index is 0.721. The third-order valence-electron chi connectivity index (χ3n) is 2.79. The highest BCUT2D eigenvalue weighted by molar-refractivity contribution is 5.28. The molecule has 68 valence electrons. The van der Waals surface area contributed by atoms with Crippen molar-refractivity contribution in [1.29, 1.82) is 0 Å². The molecular weight excluding hydrogens is 146 g/mol. The average molecular weight is 165 g/mol. The van der Waals surface area contributed by atoms with Crippen LogP contribution in [0.15, 0.2) is 23.4 Å². The van der Waals surface area contributed by atoms with Gasteiger partial charge in [-0.15, -0.1) is 0 Å². The van der Waals surface area contributed by atoms with Gasteiger partial charge >= 0.3 is 0 Å². The van der Waals surface area contributed by atoms with Crippen LogP contribution in [-0.4, -0.2) is 18.5 Å². The first kappa shape index (κ1) is 9.37. The van der Waals surface area contributed by atoms with E-state index in [1.807, 2.05) is 0 Å². The first-order valence-corrected chi connectivity index (χ1v) is 4.75. The molecule has 1 aliphatic rings. The van der Waals surface area contributed by atoms with E-state index in [0.29, 0.717) is 0 Å². The van der Waals surface area contributed by atoms with Crippen molar-refractivity contribution >= 4 is 0 Å². The van der Waals surface area contributed by atoms with E-state index in [1.54, 1.807) is 0 Å². The van der Waals surface area contributed by atoms with Crippen LogP contribution < -0.4 is 0 Å². The maximum atomic E-state index is 2.31. The molecular formula is C11H19N. The van der Waals surface area contributed by atoms with E-state index in [4.69, 9.17) is 0 Å². The van der Waals surface area contributed by atoms with Gasteiger partial charge in [0.2, 0.25) is 0 Å². The average Bonchev–Trinajstić information content (AvgIpc) is 2.08. The Hall–Kier alpha value is -0.720. The molecule has 0 bridgehead atoms. The van der Waals surface area contributed by atoms with Crippen LogP contribution in [0, 0.1) is 5.92 Å². The van der Waals surface area contributed by atoms with E-state index in [9.17, 15) is 0 Å². The fourth-order valence-corrected chi connectivity index (χ4v) is 1.54. The quantitative estimate of drug-likeness (QED) is 0.608. The molecule has 0 fully saturated rings. The van der Waals surface area contributed by atoms with E-state index in [-0.39, 0.29) is 0 Å². The van der Waals surface area contributed by atoms with Gasteiger partial charge in [0.1, 0.15) is 0 Å². The van der Waals surface area contributed by atoms with Crippen LogP contribution in [-0.2, 0) is 0 Å². The zero-order valence-electron chi connectivity index (χ0n) is 8.59. The standard InChI is InChI=1S/C11H19N/c1-5-12(4)11-8-6-7-9(2)10(11)3/h6,8-9H,5,7H2,1-4H3. The molecule has 0 saturated carbocycles. The largest absolute Gasteiger partial charge is 0.375 e. The summed E-state index contributed by atoms with van der Waals surface area (Å²) in [6.07, 6.45) is 5.73. The summed E-state index contributed by atoms with van der Waals surface area (Å²) in [5.74, 6) is 0.721. The monoisotopic (exact) mass is 165 g/mol. The fourth-order valence-electron chi connectivity index (χ4n) is 1.54. The lowest BCUT2D eigenvalue weighted by Gasteiger charge is -2.26. The summed E-state index contributed by atoms with van der Waals surface area (Å²) in [5.41, 5.74) is 2.94. The Bertz CT molecular complexity index is 213. The second-order valence-electron chi connectivity index (χ2n) is 3.62. The zero-order valence-corrected chi connectivity index (χ0v) is 8.59. The predicted molar refractivity (Wildman–Crippen MR) is 53.9 cm³/mol. The van der Waals surface area contributed by atoms with Crippen molar-refractivity contribution in [1.82, 2.24) is 4.90 Å². The molecule has 0 aromatic carbocycles. The van der Waals surface area contributed by atoms with Gasteiger partial charge in [-0.25, -0.2) is 0 Å². The maximum absolute atomic E-state index is 2.31. The third kappa shape index (κ3) is 1.71. The summed E-state index contributed by atoms with van der Waals surface area (Å²) in [7, 11) is 2.15. The number of likely N-dealkylation sites (N-methyl/N-ethyl adjacent to an activating group) is 1. The van der Waals surface area contributed by atoms with Crippen molar-refractivity contribution in [2.75, 3.05) is 13.6 Å². The highest BCUT2D eigenvalue weighted by Crippen LogP contribution is 2.25. The summed E-state index contributed by atoms with van der Waals surface area (Å²) in [4.78, 5) is 2.31. The number of hydrogen-bond acceptors (Lipinski definition) is 1. The molecule has 1 aliphatic carbocycles. The molecule has 0 N–H and O–H groups in total. The van der Waals surface area contributed by atoms with Crippen molar-refractivity contribution in [2.45, 2.75) is 27.2 Å². The maximum Gasteiger partial charge on any atom is 0.0352 e. The molecule has 1 atom stereocenters. The van der Waals surface area contributed by atoms with Crippen molar-refractivity contribution in [2.24, 2.45) is 5.92 Å². The number of nitrogens with zero attached hydrogens (tertiary/aromatic N) is 1. The van der Waals surface area contributed by atoms with Crippen LogP contribution >= 0.6 is 0 Å². The zero-order chi connectivity index (χ0) is 9.14. The lowest BCUT2D eigenvalue weighted by Crippen LogP contribution is -2.20. The summed E-state index contributed by atoms with van der Waals surface area (Å²) < 4.78 is 0. The van der Waals surface area contributed by atoms with E-state index in [0.717, 1.165) is 12.5 Å². The molecule has 0 spiro atoms. The Balaban J connectivity index is 2.85. The van der Waals surface area contributed by atoms with Gasteiger partial charge < -0.3 is 4.90 Å². The lowest BCUT2D eigenvalue weighted by molar-refractivity contribution is 0.437. The molecule has 0 aliphatic heterocycles. The minimum atomic E-state index is 0.721. The third-order valence-corrected chi connectivity index (χ3v) is 2.79. The van der Waals surface area contributed by atoms with Crippen LogP contribution in [0.4, 0.5) is 0 Å². The van der Waals surface area contributed by atoms with Gasteiger partial charge in [-0.2, -0.15) is 0 Å². The molecule has 1 unspecified atom stereocenters. The van der Waals surface area contributed by atoms with Crippen LogP contribution in [0.3, 0.4) is 0 Å². The van der Waals surface area contributed by atoms with Crippen molar-refractivity contribution in [3.05, 3.63) is 23.4 Å². The molecule has 0 saturated heterocycles. The van der Waals surface area contributed by atoms with E-state index in [2.05, 4.69) is 44.9 Å². The molecule has 0 heterocycles. The molecule has 0 aromatic heterocycles. The SMILES string of the molecule is CCN(C)C1=C(C)C(C)CC=C1. The highest BCUT2D eigenvalue weighted by Gasteiger charge is 2.13. The predicted octanol–water partition coefficient (Wildman–Crippen LogP) is 2.81. The smallest absolute Gasteiger partial charge is 0.0352 e. The molecule has 0 amide bonds. The van der Waals surface area contributed by atoms with Gasteiger partial charge in [0.05, 0.1) is 0 Å². The van der Waals surface area contributed by atoms with E-state index >= 15 is 0 Å². The number of rotatable bonds is 2. The second kappa shape index (κ2) is 3.79. The van der Waals surface area contributed by atoms with Gasteiger partial charge in [0.25, 0.3) is 0 Å². The van der Waals surface area contributed by atoms with Crippen molar-refractivity contribution in [3.63, 3.8) is 0 Å². The van der Waals surface area contributed by atoms with Crippen LogP contribution in [0.5, 0.6) is 0 Å². The molecule has 1 heteroatoms. The van der Waals surface area contributed by atoms with Crippen LogP contribution in [0.2, 0.25) is 0 Å². The Kier molecular flexibility index (Phi) is 2.96. The molecule has 0 aromatic rings. The van der Waals surface area contributed by atoms with Crippen molar-refractivity contribution in [3.8, 4) is 0 Å². The van der Waals surface area contributed by atoms with Crippen molar-refractivity contribution < 1.29 is 0 Å². The van der Waals surface area contributed by atoms with Crippen LogP contribution in [0.1, 0.15) is 27.2 Å². The summed E-state index contributed by atoms with van der Waals surface area (Å²) in [5, 5.41) is 0. The summed E-state index contributed by atoms with van der Waals surface area (Å²) in [6.45, 7) is 7.81. The first-order valence-electron chi connectivity index (χ1n) is 4.75. The molecule has 0 radical (unpaired) electrons. The normalized spacial score (nSPS) is 23.2. The van der Waals surface area contributed by atoms with E-state index in [1.165, 1.54) is 17.7 Å². The molecule has 1 nitrogen and oxygen atoms in total.